The molecule has 2 aromatic rings. The van der Waals surface area contributed by atoms with E-state index in [2.05, 4.69) is 52.3 Å². The maximum absolute atomic E-state index is 11.8. The van der Waals surface area contributed by atoms with Crippen molar-refractivity contribution in [2.75, 3.05) is 26.2 Å². The van der Waals surface area contributed by atoms with E-state index in [0.717, 1.165) is 37.2 Å². The van der Waals surface area contributed by atoms with Crippen LogP contribution in [0.15, 0.2) is 36.4 Å². The highest BCUT2D eigenvalue weighted by Gasteiger charge is 2.42. The lowest BCUT2D eigenvalue weighted by molar-refractivity contribution is -0.00414. The highest BCUT2D eigenvalue weighted by Crippen LogP contribution is 2.42. The molecule has 150 valence electrons. The van der Waals surface area contributed by atoms with E-state index in [-0.39, 0.29) is 6.09 Å². The van der Waals surface area contributed by atoms with Crippen molar-refractivity contribution in [3.05, 3.63) is 42.1 Å². The largest absolute Gasteiger partial charge is 0.448 e. The third kappa shape index (κ3) is 3.92. The van der Waals surface area contributed by atoms with Gasteiger partial charge in [-0.3, -0.25) is 9.58 Å². The lowest BCUT2D eigenvalue weighted by atomic mass is 9.74. The molecule has 0 saturated carbocycles. The average molecular weight is 383 g/mol. The van der Waals surface area contributed by atoms with E-state index in [1.807, 2.05) is 13.0 Å². The monoisotopic (exact) mass is 382 g/mol. The maximum atomic E-state index is 11.8. The van der Waals surface area contributed by atoms with Crippen LogP contribution >= 0.6 is 0 Å². The van der Waals surface area contributed by atoms with Gasteiger partial charge in [-0.15, -0.1) is 0 Å². The number of fused-ring (bicyclic) bond motifs is 3. The first-order chi connectivity index (χ1) is 13.7. The van der Waals surface area contributed by atoms with Crippen molar-refractivity contribution < 1.29 is 9.53 Å². The molecule has 3 aliphatic heterocycles. The van der Waals surface area contributed by atoms with Gasteiger partial charge < -0.3 is 10.1 Å². The minimum Gasteiger partial charge on any atom is -0.448 e. The second-order valence-electron chi connectivity index (χ2n) is 8.01. The predicted octanol–water partition coefficient (Wildman–Crippen LogP) is 3.40. The summed E-state index contributed by atoms with van der Waals surface area (Å²) in [6.45, 7) is 5.30. The van der Waals surface area contributed by atoms with E-state index in [0.29, 0.717) is 31.0 Å². The number of aromatic nitrogens is 2. The standard InChI is InChI=1S/C22H30N4O2/c1-3-10-23-22(27)28-15-18-12-17-9-11-26(18)14-19(17)21-13-20(24-25(21)2)16-7-5-4-6-8-16/h4-8,13,17-19H,3,9-12,14-15H2,1-2H3,(H,23,27). The quantitative estimate of drug-likeness (QED) is 0.832. The Bertz CT molecular complexity index is 804. The van der Waals surface area contributed by atoms with Crippen LogP contribution in [0.4, 0.5) is 4.79 Å². The minimum absolute atomic E-state index is 0.291. The summed E-state index contributed by atoms with van der Waals surface area (Å²) in [5, 5.41) is 7.55. The molecule has 28 heavy (non-hydrogen) atoms. The number of aryl methyl sites for hydroxylation is 1. The molecular formula is C22H30N4O2. The number of nitrogens with zero attached hydrogens (tertiary/aromatic N) is 3. The van der Waals surface area contributed by atoms with Crippen LogP contribution in [-0.4, -0.2) is 53.1 Å². The average Bonchev–Trinajstić information content (AvgIpc) is 3.13. The summed E-state index contributed by atoms with van der Waals surface area (Å²) in [6.07, 6.45) is 2.91. The molecule has 4 heterocycles. The number of rotatable bonds is 6. The van der Waals surface area contributed by atoms with Crippen molar-refractivity contribution in [3.63, 3.8) is 0 Å². The first-order valence-corrected chi connectivity index (χ1v) is 10.4. The molecule has 1 aromatic heterocycles. The summed E-state index contributed by atoms with van der Waals surface area (Å²) in [6, 6.07) is 13.0. The molecule has 0 aliphatic carbocycles. The Morgan fingerprint density at radius 2 is 2.14 bits per heavy atom. The first kappa shape index (κ1) is 19.0. The molecule has 3 saturated heterocycles. The molecule has 4 unspecified atom stereocenters. The number of ether oxygens (including phenoxy) is 1. The highest BCUT2D eigenvalue weighted by atomic mass is 16.5. The molecule has 0 spiro atoms. The van der Waals surface area contributed by atoms with Crippen LogP contribution < -0.4 is 5.32 Å². The van der Waals surface area contributed by atoms with Crippen molar-refractivity contribution >= 4 is 6.09 Å². The Hall–Kier alpha value is -2.34. The molecule has 2 bridgehead atoms. The van der Waals surface area contributed by atoms with E-state index < -0.39 is 0 Å². The van der Waals surface area contributed by atoms with Crippen LogP contribution in [0.2, 0.25) is 0 Å². The van der Waals surface area contributed by atoms with Gasteiger partial charge in [0.15, 0.2) is 0 Å². The second kappa shape index (κ2) is 8.35. The molecule has 1 amide bonds. The summed E-state index contributed by atoms with van der Waals surface area (Å²) in [4.78, 5) is 14.2. The van der Waals surface area contributed by atoms with Crippen LogP contribution in [0, 0.1) is 5.92 Å². The maximum Gasteiger partial charge on any atom is 0.407 e. The molecule has 6 nitrogen and oxygen atoms in total. The summed E-state index contributed by atoms with van der Waals surface area (Å²) in [7, 11) is 2.05. The number of nitrogens with one attached hydrogen (secondary N) is 1. The van der Waals surface area contributed by atoms with Crippen LogP contribution in [-0.2, 0) is 11.8 Å². The van der Waals surface area contributed by atoms with Crippen LogP contribution in [0.25, 0.3) is 11.3 Å². The zero-order valence-electron chi connectivity index (χ0n) is 16.8. The Morgan fingerprint density at radius 1 is 1.32 bits per heavy atom. The normalized spacial score (nSPS) is 26.2. The lowest BCUT2D eigenvalue weighted by Crippen LogP contribution is -2.54. The summed E-state index contributed by atoms with van der Waals surface area (Å²) in [5.74, 6) is 1.12. The number of amides is 1. The fourth-order valence-corrected chi connectivity index (χ4v) is 4.68. The number of benzene rings is 1. The Balaban J connectivity index is 1.41. The number of alkyl carbamates (subject to hydrolysis) is 1. The second-order valence-corrected chi connectivity index (χ2v) is 8.01. The molecule has 0 radical (unpaired) electrons. The van der Waals surface area contributed by atoms with Gasteiger partial charge in [0.1, 0.15) is 6.61 Å². The summed E-state index contributed by atoms with van der Waals surface area (Å²) >= 11 is 0. The molecule has 1 N–H and O–H groups in total. The van der Waals surface area contributed by atoms with Gasteiger partial charge in [0, 0.05) is 43.4 Å². The summed E-state index contributed by atoms with van der Waals surface area (Å²) in [5.41, 5.74) is 3.52. The SMILES string of the molecule is CCCNC(=O)OCC1CC2CCN1CC2c1cc(-c2ccccc2)nn1C. The zero-order chi connectivity index (χ0) is 19.5. The molecule has 1 aromatic carbocycles. The molecule has 5 rings (SSSR count). The van der Waals surface area contributed by atoms with E-state index in [9.17, 15) is 4.79 Å². The number of hydrogen-bond acceptors (Lipinski definition) is 4. The lowest BCUT2D eigenvalue weighted by Gasteiger charge is -2.49. The van der Waals surface area contributed by atoms with Gasteiger partial charge >= 0.3 is 6.09 Å². The van der Waals surface area contributed by atoms with E-state index in [1.165, 1.54) is 12.1 Å². The van der Waals surface area contributed by atoms with Crippen LogP contribution in [0.1, 0.15) is 37.8 Å². The van der Waals surface area contributed by atoms with Gasteiger partial charge in [0.25, 0.3) is 0 Å². The third-order valence-corrected chi connectivity index (χ3v) is 6.17. The topological polar surface area (TPSA) is 59.4 Å². The Kier molecular flexibility index (Phi) is 5.67. The van der Waals surface area contributed by atoms with Gasteiger partial charge in [-0.1, -0.05) is 37.3 Å². The van der Waals surface area contributed by atoms with E-state index in [1.54, 1.807) is 0 Å². The van der Waals surface area contributed by atoms with Gasteiger partial charge in [0.2, 0.25) is 0 Å². The highest BCUT2D eigenvalue weighted by molar-refractivity contribution is 5.67. The van der Waals surface area contributed by atoms with Gasteiger partial charge in [0.05, 0.1) is 5.69 Å². The molecule has 6 heteroatoms. The fraction of sp³-hybridized carbons (Fsp3) is 0.545. The van der Waals surface area contributed by atoms with Crippen molar-refractivity contribution in [2.24, 2.45) is 13.0 Å². The summed E-state index contributed by atoms with van der Waals surface area (Å²) < 4.78 is 7.51. The number of piperidine rings is 3. The van der Waals surface area contributed by atoms with Crippen molar-refractivity contribution in [1.29, 1.82) is 0 Å². The zero-order valence-corrected chi connectivity index (χ0v) is 16.8. The van der Waals surface area contributed by atoms with E-state index in [4.69, 9.17) is 9.84 Å². The third-order valence-electron chi connectivity index (χ3n) is 6.17. The Morgan fingerprint density at radius 3 is 2.86 bits per heavy atom. The number of carbonyl (C=O) groups excluding carboxylic acids is 1. The van der Waals surface area contributed by atoms with Crippen molar-refractivity contribution in [3.8, 4) is 11.3 Å². The van der Waals surface area contributed by atoms with E-state index >= 15 is 0 Å². The predicted molar refractivity (Wildman–Crippen MR) is 109 cm³/mol. The van der Waals surface area contributed by atoms with Gasteiger partial charge in [-0.2, -0.15) is 5.10 Å². The smallest absolute Gasteiger partial charge is 0.407 e. The molecule has 3 aliphatic rings. The minimum atomic E-state index is -0.291. The molecular weight excluding hydrogens is 352 g/mol. The molecule has 3 fully saturated rings. The van der Waals surface area contributed by atoms with Crippen molar-refractivity contribution in [2.45, 2.75) is 38.1 Å². The number of hydrogen-bond donors (Lipinski definition) is 1. The molecule has 4 atom stereocenters. The van der Waals surface area contributed by atoms with Crippen LogP contribution in [0.5, 0.6) is 0 Å². The van der Waals surface area contributed by atoms with Crippen LogP contribution in [0.3, 0.4) is 0 Å². The van der Waals surface area contributed by atoms with Crippen molar-refractivity contribution in [1.82, 2.24) is 20.0 Å². The Labute approximate surface area is 166 Å². The number of carbonyl (C=O) groups is 1. The van der Waals surface area contributed by atoms with Gasteiger partial charge in [-0.05, 0) is 37.8 Å². The fourth-order valence-electron chi connectivity index (χ4n) is 4.68. The first-order valence-electron chi connectivity index (χ1n) is 10.4. The van der Waals surface area contributed by atoms with Gasteiger partial charge in [-0.25, -0.2) is 4.79 Å².